The molecule has 102 valence electrons. The molecule has 2 nitrogen and oxygen atoms in total. The van der Waals surface area contributed by atoms with Gasteiger partial charge in [-0.1, -0.05) is 38.8 Å². The molecule has 1 fully saturated rings. The number of ether oxygens (including phenoxy) is 1. The Bertz CT molecular complexity index is 502. The molecular formula is C17H22O2. The fraction of sp³-hybridized carbons (Fsp3) is 0.588. The lowest BCUT2D eigenvalue weighted by Crippen LogP contribution is -2.34. The van der Waals surface area contributed by atoms with Crippen molar-refractivity contribution in [2.75, 3.05) is 0 Å². The molecule has 0 aromatic heterocycles. The van der Waals surface area contributed by atoms with Crippen LogP contribution in [0.2, 0.25) is 0 Å². The summed E-state index contributed by atoms with van der Waals surface area (Å²) >= 11 is 0. The predicted molar refractivity (Wildman–Crippen MR) is 75.0 cm³/mol. The zero-order chi connectivity index (χ0) is 13.5. The minimum Gasteiger partial charge on any atom is -0.372 e. The molecule has 1 aliphatic heterocycles. The highest BCUT2D eigenvalue weighted by Crippen LogP contribution is 2.42. The highest BCUT2D eigenvalue weighted by Gasteiger charge is 2.37. The summed E-state index contributed by atoms with van der Waals surface area (Å²) in [6, 6.07) is 6.10. The number of hydrogen-bond acceptors (Lipinski definition) is 2. The van der Waals surface area contributed by atoms with Gasteiger partial charge in [-0.05, 0) is 35.4 Å². The van der Waals surface area contributed by atoms with E-state index in [4.69, 9.17) is 4.74 Å². The molecule has 1 saturated carbocycles. The second-order valence-corrected chi connectivity index (χ2v) is 6.63. The summed E-state index contributed by atoms with van der Waals surface area (Å²) in [4.78, 5) is 12.8. The minimum absolute atomic E-state index is 0.144. The van der Waals surface area contributed by atoms with Gasteiger partial charge in [-0.2, -0.15) is 0 Å². The maximum atomic E-state index is 12.8. The Labute approximate surface area is 115 Å². The van der Waals surface area contributed by atoms with E-state index < -0.39 is 0 Å². The van der Waals surface area contributed by atoms with E-state index in [1.807, 2.05) is 6.07 Å². The van der Waals surface area contributed by atoms with Gasteiger partial charge in [0.15, 0.2) is 5.78 Å². The van der Waals surface area contributed by atoms with E-state index in [9.17, 15) is 4.79 Å². The molecule has 1 unspecified atom stereocenters. The van der Waals surface area contributed by atoms with Crippen molar-refractivity contribution in [3.8, 4) is 0 Å². The van der Waals surface area contributed by atoms with Gasteiger partial charge in [0.05, 0.1) is 13.2 Å². The molecule has 0 spiro atoms. The lowest BCUT2D eigenvalue weighted by atomic mass is 9.66. The molecule has 2 heteroatoms. The standard InChI is InChI=1S/C17H22O2/c1-17(2)8-4-3-5-15(17)16(18)12-6-7-13-10-19-11-14(13)9-12/h6-7,9,15H,3-5,8,10-11H2,1-2H3. The fourth-order valence-corrected chi connectivity index (χ4v) is 3.51. The maximum Gasteiger partial charge on any atom is 0.166 e. The Hall–Kier alpha value is -1.15. The quantitative estimate of drug-likeness (QED) is 0.746. The lowest BCUT2D eigenvalue weighted by Gasteiger charge is -2.37. The summed E-state index contributed by atoms with van der Waals surface area (Å²) in [5.74, 6) is 0.515. The monoisotopic (exact) mass is 258 g/mol. The van der Waals surface area contributed by atoms with Crippen LogP contribution in [0.4, 0.5) is 0 Å². The van der Waals surface area contributed by atoms with Gasteiger partial charge in [-0.15, -0.1) is 0 Å². The van der Waals surface area contributed by atoms with Crippen LogP contribution in [0.1, 0.15) is 61.0 Å². The number of carbonyl (C=O) groups is 1. The van der Waals surface area contributed by atoms with Crippen molar-refractivity contribution >= 4 is 5.78 Å². The first-order valence-corrected chi connectivity index (χ1v) is 7.32. The molecule has 1 atom stereocenters. The Kier molecular flexibility index (Phi) is 3.22. The molecule has 1 aromatic rings. The summed E-state index contributed by atoms with van der Waals surface area (Å²) in [6.07, 6.45) is 4.65. The van der Waals surface area contributed by atoms with Crippen molar-refractivity contribution in [3.05, 3.63) is 34.9 Å². The van der Waals surface area contributed by atoms with E-state index in [-0.39, 0.29) is 11.3 Å². The van der Waals surface area contributed by atoms with Crippen LogP contribution in [0.25, 0.3) is 0 Å². The largest absolute Gasteiger partial charge is 0.372 e. The van der Waals surface area contributed by atoms with Gasteiger partial charge in [0.25, 0.3) is 0 Å². The molecule has 2 aliphatic rings. The third-order valence-corrected chi connectivity index (χ3v) is 4.83. The summed E-state index contributed by atoms with van der Waals surface area (Å²) in [7, 11) is 0. The molecular weight excluding hydrogens is 236 g/mol. The van der Waals surface area contributed by atoms with Crippen molar-refractivity contribution in [2.45, 2.75) is 52.7 Å². The predicted octanol–water partition coefficient (Wildman–Crippen LogP) is 4.12. The number of benzene rings is 1. The van der Waals surface area contributed by atoms with E-state index >= 15 is 0 Å². The summed E-state index contributed by atoms with van der Waals surface area (Å²) in [5.41, 5.74) is 3.45. The second kappa shape index (κ2) is 4.75. The molecule has 0 N–H and O–H groups in total. The Balaban J connectivity index is 1.87. The highest BCUT2D eigenvalue weighted by atomic mass is 16.5. The molecule has 0 radical (unpaired) electrons. The van der Waals surface area contributed by atoms with Gasteiger partial charge in [0, 0.05) is 11.5 Å². The maximum absolute atomic E-state index is 12.8. The first kappa shape index (κ1) is 12.9. The number of ketones is 1. The van der Waals surface area contributed by atoms with Crippen LogP contribution >= 0.6 is 0 Å². The van der Waals surface area contributed by atoms with E-state index in [0.717, 1.165) is 18.4 Å². The van der Waals surface area contributed by atoms with Gasteiger partial charge in [-0.25, -0.2) is 0 Å². The van der Waals surface area contributed by atoms with E-state index in [2.05, 4.69) is 26.0 Å². The van der Waals surface area contributed by atoms with E-state index in [0.29, 0.717) is 19.0 Å². The Morgan fingerprint density at radius 3 is 2.79 bits per heavy atom. The first-order chi connectivity index (χ1) is 9.08. The van der Waals surface area contributed by atoms with Crippen molar-refractivity contribution in [1.82, 2.24) is 0 Å². The van der Waals surface area contributed by atoms with Gasteiger partial charge in [0.2, 0.25) is 0 Å². The van der Waals surface area contributed by atoms with Crippen LogP contribution in [0, 0.1) is 11.3 Å². The van der Waals surface area contributed by atoms with Gasteiger partial charge >= 0.3 is 0 Å². The molecule has 0 saturated heterocycles. The Morgan fingerprint density at radius 2 is 2.00 bits per heavy atom. The van der Waals surface area contributed by atoms with E-state index in [1.54, 1.807) is 0 Å². The van der Waals surface area contributed by atoms with Crippen molar-refractivity contribution in [3.63, 3.8) is 0 Å². The van der Waals surface area contributed by atoms with Gasteiger partial charge in [-0.3, -0.25) is 4.79 Å². The molecule has 0 amide bonds. The van der Waals surface area contributed by atoms with Crippen LogP contribution in [-0.2, 0) is 18.0 Å². The molecule has 0 bridgehead atoms. The average Bonchev–Trinajstić information content (AvgIpc) is 2.84. The number of hydrogen-bond donors (Lipinski definition) is 0. The summed E-state index contributed by atoms with van der Waals surface area (Å²) < 4.78 is 5.42. The molecule has 3 rings (SSSR count). The topological polar surface area (TPSA) is 26.3 Å². The zero-order valence-electron chi connectivity index (χ0n) is 11.9. The third kappa shape index (κ3) is 2.34. The average molecular weight is 258 g/mol. The second-order valence-electron chi connectivity index (χ2n) is 6.63. The first-order valence-electron chi connectivity index (χ1n) is 7.32. The van der Waals surface area contributed by atoms with Crippen LogP contribution in [0.5, 0.6) is 0 Å². The van der Waals surface area contributed by atoms with Crippen LogP contribution in [-0.4, -0.2) is 5.78 Å². The Morgan fingerprint density at radius 1 is 1.21 bits per heavy atom. The lowest BCUT2D eigenvalue weighted by molar-refractivity contribution is 0.0697. The highest BCUT2D eigenvalue weighted by molar-refractivity contribution is 5.98. The SMILES string of the molecule is CC1(C)CCCCC1C(=O)c1ccc2c(c1)COC2. The van der Waals surface area contributed by atoms with E-state index in [1.165, 1.54) is 24.0 Å². The summed E-state index contributed by atoms with van der Waals surface area (Å²) in [6.45, 7) is 5.83. The number of fused-ring (bicyclic) bond motifs is 1. The van der Waals surface area contributed by atoms with Crippen LogP contribution in [0.15, 0.2) is 18.2 Å². The molecule has 1 aliphatic carbocycles. The summed E-state index contributed by atoms with van der Waals surface area (Å²) in [5, 5.41) is 0. The smallest absolute Gasteiger partial charge is 0.166 e. The van der Waals surface area contributed by atoms with Crippen molar-refractivity contribution in [1.29, 1.82) is 0 Å². The van der Waals surface area contributed by atoms with Gasteiger partial charge < -0.3 is 4.74 Å². The van der Waals surface area contributed by atoms with Crippen LogP contribution < -0.4 is 0 Å². The number of rotatable bonds is 2. The number of Topliss-reactive ketones (excluding diaryl/α,β-unsaturated/α-hetero) is 1. The zero-order valence-corrected chi connectivity index (χ0v) is 11.9. The minimum atomic E-state index is 0.144. The molecule has 19 heavy (non-hydrogen) atoms. The normalized spacial score (nSPS) is 25.1. The molecule has 1 aromatic carbocycles. The fourth-order valence-electron chi connectivity index (χ4n) is 3.51. The third-order valence-electron chi connectivity index (χ3n) is 4.83. The van der Waals surface area contributed by atoms with Crippen molar-refractivity contribution in [2.24, 2.45) is 11.3 Å². The molecule has 1 heterocycles. The van der Waals surface area contributed by atoms with Crippen molar-refractivity contribution < 1.29 is 9.53 Å². The number of carbonyl (C=O) groups excluding carboxylic acids is 1. The van der Waals surface area contributed by atoms with Crippen LogP contribution in [0.3, 0.4) is 0 Å². The van der Waals surface area contributed by atoms with Gasteiger partial charge in [0.1, 0.15) is 0 Å².